The molecular weight excluding hydrogens is 440 g/mol. The predicted molar refractivity (Wildman–Crippen MR) is 112 cm³/mol. The number of aromatic nitrogens is 4. The molecule has 0 atom stereocenters. The molecule has 0 saturated carbocycles. The van der Waals surface area contributed by atoms with Crippen molar-refractivity contribution in [2.75, 3.05) is 79.3 Å². The van der Waals surface area contributed by atoms with E-state index in [2.05, 4.69) is 9.97 Å². The van der Waals surface area contributed by atoms with Gasteiger partial charge in [-0.05, 0) is 0 Å². The summed E-state index contributed by atoms with van der Waals surface area (Å²) in [5.74, 6) is 0. The number of carbonyl (C=O) groups excluding carboxylic acids is 2. The highest BCUT2D eigenvalue weighted by Crippen LogP contribution is 1.91. The summed E-state index contributed by atoms with van der Waals surface area (Å²) in [6.45, 7) is 4.32. The first-order valence-electron chi connectivity index (χ1n) is 10.5. The van der Waals surface area contributed by atoms with Crippen LogP contribution in [-0.4, -0.2) is 111 Å². The van der Waals surface area contributed by atoms with Crippen LogP contribution in [-0.2, 0) is 33.2 Å². The largest absolute Gasteiger partial charge is 0.446 e. The first-order valence-corrected chi connectivity index (χ1v) is 10.5. The normalized spacial score (nSPS) is 10.9. The summed E-state index contributed by atoms with van der Waals surface area (Å²) in [5, 5.41) is 0. The van der Waals surface area contributed by atoms with Crippen LogP contribution in [0.1, 0.15) is 0 Å². The molecule has 184 valence electrons. The average Bonchev–Trinajstić information content (AvgIpc) is 3.55. The molecule has 0 aliphatic carbocycles. The Kier molecular flexibility index (Phi) is 14.2. The molecule has 0 amide bonds. The minimum atomic E-state index is -0.495. The second-order valence-corrected chi connectivity index (χ2v) is 6.23. The zero-order valence-electron chi connectivity index (χ0n) is 18.4. The maximum absolute atomic E-state index is 11.5. The molecule has 0 aliphatic rings. The van der Waals surface area contributed by atoms with Crippen LogP contribution in [0.2, 0.25) is 0 Å². The highest BCUT2D eigenvalue weighted by molar-refractivity contribution is 5.70. The molecule has 13 heteroatoms. The van der Waals surface area contributed by atoms with Gasteiger partial charge in [0, 0.05) is 24.8 Å². The lowest BCUT2D eigenvalue weighted by Gasteiger charge is -2.08. The zero-order chi connectivity index (χ0) is 23.4. The number of nitrogens with zero attached hydrogens (tertiary/aromatic N) is 4. The fourth-order valence-electron chi connectivity index (χ4n) is 2.24. The van der Waals surface area contributed by atoms with E-state index in [1.54, 1.807) is 0 Å². The van der Waals surface area contributed by atoms with Crippen molar-refractivity contribution in [3.8, 4) is 0 Å². The lowest BCUT2D eigenvalue weighted by molar-refractivity contribution is -0.0160. The van der Waals surface area contributed by atoms with Crippen molar-refractivity contribution in [1.82, 2.24) is 19.1 Å². The topological polar surface area (TPSA) is 134 Å². The van der Waals surface area contributed by atoms with Crippen LogP contribution in [0.25, 0.3) is 0 Å². The van der Waals surface area contributed by atoms with Gasteiger partial charge in [-0.15, -0.1) is 0 Å². The Balaban J connectivity index is 1.23. The Hall–Kier alpha value is -2.84. The van der Waals surface area contributed by atoms with Crippen molar-refractivity contribution in [2.45, 2.75) is 0 Å². The summed E-state index contributed by atoms with van der Waals surface area (Å²) in [4.78, 5) is 30.5. The smallest absolute Gasteiger partial charge is 0.419 e. The van der Waals surface area contributed by atoms with Crippen LogP contribution in [0.4, 0.5) is 9.59 Å². The summed E-state index contributed by atoms with van der Waals surface area (Å²) in [6.07, 6.45) is 7.76. The molecule has 0 unspecified atom stereocenters. The number of imidazole rings is 2. The molecule has 2 rings (SSSR count). The van der Waals surface area contributed by atoms with Crippen LogP contribution in [0.5, 0.6) is 0 Å². The number of hydrogen-bond donors (Lipinski definition) is 0. The van der Waals surface area contributed by atoms with Crippen LogP contribution >= 0.6 is 0 Å². The average molecular weight is 470 g/mol. The molecule has 33 heavy (non-hydrogen) atoms. The van der Waals surface area contributed by atoms with Crippen molar-refractivity contribution in [1.29, 1.82) is 0 Å². The van der Waals surface area contributed by atoms with Crippen molar-refractivity contribution in [3.05, 3.63) is 37.4 Å². The van der Waals surface area contributed by atoms with Crippen LogP contribution in [0.3, 0.4) is 0 Å². The van der Waals surface area contributed by atoms with Gasteiger partial charge < -0.3 is 33.2 Å². The third-order valence-corrected chi connectivity index (χ3v) is 3.82. The lowest BCUT2D eigenvalue weighted by atomic mass is 10.7. The Bertz CT molecular complexity index is 679. The molecule has 0 saturated heterocycles. The maximum Gasteiger partial charge on any atom is 0.419 e. The van der Waals surface area contributed by atoms with Gasteiger partial charge >= 0.3 is 12.2 Å². The van der Waals surface area contributed by atoms with Gasteiger partial charge in [0.05, 0.1) is 66.1 Å². The number of hydrogen-bond acceptors (Lipinski definition) is 11. The highest BCUT2D eigenvalue weighted by atomic mass is 16.6. The Morgan fingerprint density at radius 1 is 0.515 bits per heavy atom. The van der Waals surface area contributed by atoms with Gasteiger partial charge in [0.15, 0.2) is 0 Å². The molecule has 2 aromatic rings. The van der Waals surface area contributed by atoms with Crippen LogP contribution < -0.4 is 0 Å². The van der Waals surface area contributed by atoms with Crippen molar-refractivity contribution in [2.24, 2.45) is 0 Å². The molecular formula is C20H30N4O9. The molecule has 0 N–H and O–H groups in total. The third kappa shape index (κ3) is 12.7. The fraction of sp³-hybridized carbons (Fsp3) is 0.600. The van der Waals surface area contributed by atoms with E-state index >= 15 is 0 Å². The summed E-state index contributed by atoms with van der Waals surface area (Å²) in [7, 11) is 0. The van der Waals surface area contributed by atoms with Crippen molar-refractivity contribution < 1.29 is 42.7 Å². The van der Waals surface area contributed by atoms with E-state index in [1.165, 1.54) is 46.6 Å². The van der Waals surface area contributed by atoms with Crippen molar-refractivity contribution in [3.63, 3.8) is 0 Å². The van der Waals surface area contributed by atoms with E-state index < -0.39 is 12.2 Å². The van der Waals surface area contributed by atoms with Gasteiger partial charge in [0.25, 0.3) is 0 Å². The van der Waals surface area contributed by atoms with Gasteiger partial charge in [-0.2, -0.15) is 0 Å². The highest BCUT2D eigenvalue weighted by Gasteiger charge is 2.04. The molecule has 0 aromatic carbocycles. The standard InChI is InChI=1S/C20H30N4O9/c25-19(23-3-1-21-17-23)32-15-13-30-11-9-28-7-5-27-6-8-29-10-12-31-14-16-33-20(26)24-4-2-22-18-24/h1-4,17-18H,5-16H2. The van der Waals surface area contributed by atoms with E-state index in [-0.39, 0.29) is 26.4 Å². The molecule has 0 spiro atoms. The number of rotatable bonds is 18. The Morgan fingerprint density at radius 3 is 1.09 bits per heavy atom. The van der Waals surface area contributed by atoms with Crippen molar-refractivity contribution >= 4 is 12.2 Å². The lowest BCUT2D eigenvalue weighted by Crippen LogP contribution is -2.17. The van der Waals surface area contributed by atoms with Gasteiger partial charge in [-0.1, -0.05) is 0 Å². The van der Waals surface area contributed by atoms with E-state index in [1.807, 2.05) is 0 Å². The van der Waals surface area contributed by atoms with E-state index in [9.17, 15) is 9.59 Å². The van der Waals surface area contributed by atoms with Gasteiger partial charge in [-0.25, -0.2) is 28.7 Å². The minimum Gasteiger partial charge on any atom is -0.446 e. The summed E-state index contributed by atoms with van der Waals surface area (Å²) < 4.78 is 39.2. The third-order valence-electron chi connectivity index (χ3n) is 3.82. The van der Waals surface area contributed by atoms with E-state index in [0.717, 1.165) is 0 Å². The monoisotopic (exact) mass is 470 g/mol. The second-order valence-electron chi connectivity index (χ2n) is 6.23. The molecule has 2 aromatic heterocycles. The first kappa shape index (κ1) is 26.4. The maximum atomic E-state index is 11.5. The van der Waals surface area contributed by atoms with Gasteiger partial charge in [0.2, 0.25) is 0 Å². The molecule has 2 heterocycles. The molecule has 0 aliphatic heterocycles. The molecule has 0 fully saturated rings. The van der Waals surface area contributed by atoms with E-state index in [0.29, 0.717) is 52.9 Å². The minimum absolute atomic E-state index is 0.158. The Morgan fingerprint density at radius 2 is 0.818 bits per heavy atom. The Labute approximate surface area is 191 Å². The molecule has 13 nitrogen and oxygen atoms in total. The van der Waals surface area contributed by atoms with E-state index in [4.69, 9.17) is 33.2 Å². The molecule has 0 bridgehead atoms. The van der Waals surface area contributed by atoms with Gasteiger partial charge in [0.1, 0.15) is 25.9 Å². The summed E-state index contributed by atoms with van der Waals surface area (Å²) in [5.41, 5.74) is 0. The quantitative estimate of drug-likeness (QED) is 0.287. The van der Waals surface area contributed by atoms with Crippen LogP contribution in [0.15, 0.2) is 37.4 Å². The fourth-order valence-corrected chi connectivity index (χ4v) is 2.24. The van der Waals surface area contributed by atoms with Crippen LogP contribution in [0, 0.1) is 0 Å². The van der Waals surface area contributed by atoms with Gasteiger partial charge in [-0.3, -0.25) is 0 Å². The predicted octanol–water partition coefficient (Wildman–Crippen LogP) is 0.832. The summed E-state index contributed by atoms with van der Waals surface area (Å²) in [6, 6.07) is 0. The number of carbonyl (C=O) groups is 2. The molecule has 0 radical (unpaired) electrons. The summed E-state index contributed by atoms with van der Waals surface area (Å²) >= 11 is 0. The number of ether oxygens (including phenoxy) is 7. The first-order chi connectivity index (χ1) is 16.3. The SMILES string of the molecule is O=C(OCCOCCOCCOCCOCCOCCOC(=O)n1ccnc1)n1ccnc1. The second kappa shape index (κ2) is 17.7. The zero-order valence-corrected chi connectivity index (χ0v) is 18.4.